The first-order chi connectivity index (χ1) is 8.86. The number of carbonyl (C=O) groups is 1. The Morgan fingerprint density at radius 2 is 2.05 bits per heavy atom. The Bertz CT molecular complexity index is 447. The Morgan fingerprint density at radius 3 is 2.53 bits per heavy atom. The molecule has 0 unspecified atom stereocenters. The van der Waals surface area contributed by atoms with Crippen molar-refractivity contribution in [1.29, 1.82) is 0 Å². The fourth-order valence-electron chi connectivity index (χ4n) is 1.10. The third-order valence-electron chi connectivity index (χ3n) is 1.80. The molecule has 108 valence electrons. The van der Waals surface area contributed by atoms with Gasteiger partial charge >= 0.3 is 0 Å². The number of nitrogens with one attached hydrogen (secondary N) is 1. The minimum Gasteiger partial charge on any atom is -0.395 e. The average molecular weight is 395 g/mol. The number of hydrogen-bond donors (Lipinski definition) is 2. The van der Waals surface area contributed by atoms with Crippen molar-refractivity contribution in [2.24, 2.45) is 0 Å². The maximum Gasteiger partial charge on any atom is 0.224 e. The highest BCUT2D eigenvalue weighted by Gasteiger charge is 2.06. The first kappa shape index (κ1) is 18.8. The van der Waals surface area contributed by atoms with Gasteiger partial charge in [0.2, 0.25) is 15.1 Å². The molecule has 9 heteroatoms. The smallest absolute Gasteiger partial charge is 0.224 e. The molecule has 0 aromatic heterocycles. The molecule has 19 heavy (non-hydrogen) atoms. The minimum absolute atomic E-state index is 0.0870. The van der Waals surface area contributed by atoms with E-state index in [1.807, 2.05) is 0 Å². The van der Waals surface area contributed by atoms with Crippen LogP contribution < -0.4 is 5.32 Å². The van der Waals surface area contributed by atoms with Gasteiger partial charge in [-0.15, -0.1) is 0 Å². The van der Waals surface area contributed by atoms with E-state index in [-0.39, 0.29) is 31.3 Å². The van der Waals surface area contributed by atoms with Crippen LogP contribution in [0.15, 0.2) is 22.7 Å². The van der Waals surface area contributed by atoms with Crippen LogP contribution in [0.25, 0.3) is 0 Å². The molecular weight excluding hydrogens is 384 g/mol. The zero-order chi connectivity index (χ0) is 14.8. The van der Waals surface area contributed by atoms with E-state index < -0.39 is 9.23 Å². The van der Waals surface area contributed by atoms with E-state index in [4.69, 9.17) is 9.32 Å². The third kappa shape index (κ3) is 10.3. The van der Waals surface area contributed by atoms with E-state index in [1.54, 1.807) is 6.07 Å². The van der Waals surface area contributed by atoms with E-state index in [1.165, 1.54) is 12.1 Å². The fourth-order valence-corrected chi connectivity index (χ4v) is 1.59. The predicted octanol–water partition coefficient (Wildman–Crippen LogP) is 2.28. The van der Waals surface area contributed by atoms with E-state index in [9.17, 15) is 9.18 Å². The first-order valence-corrected chi connectivity index (χ1v) is 8.52. The van der Waals surface area contributed by atoms with Gasteiger partial charge in [0.1, 0.15) is 5.82 Å². The first-order valence-electron chi connectivity index (χ1n) is 4.92. The molecule has 1 aromatic rings. The van der Waals surface area contributed by atoms with E-state index in [0.717, 1.165) is 0 Å². The van der Waals surface area contributed by atoms with Crippen molar-refractivity contribution in [2.75, 3.05) is 13.2 Å². The summed E-state index contributed by atoms with van der Waals surface area (Å²) in [5.74, 6) is -0.544. The van der Waals surface area contributed by atoms with Gasteiger partial charge in [0.25, 0.3) is 0 Å². The average Bonchev–Trinajstić information content (AvgIpc) is 2.29. The molecule has 0 aliphatic carbocycles. The highest BCUT2D eigenvalue weighted by atomic mass is 79.9. The Balaban J connectivity index is 0.000000711. The summed E-state index contributed by atoms with van der Waals surface area (Å²) >= 11 is 3.17. The number of aliphatic hydroxyl groups is 1. The van der Waals surface area contributed by atoms with Crippen molar-refractivity contribution in [3.05, 3.63) is 34.1 Å². The maximum atomic E-state index is 12.7. The Hall–Kier alpha value is -0.210. The molecule has 0 spiro atoms. The van der Waals surface area contributed by atoms with Gasteiger partial charge in [0.15, 0.2) is 0 Å². The Morgan fingerprint density at radius 1 is 1.47 bits per heavy atom. The van der Waals surface area contributed by atoms with Gasteiger partial charge in [-0.1, -0.05) is 22.0 Å². The third-order valence-corrected chi connectivity index (χ3v) is 2.54. The second-order valence-electron chi connectivity index (χ2n) is 3.17. The Labute approximate surface area is 129 Å². The van der Waals surface area contributed by atoms with Gasteiger partial charge in [0.05, 0.1) is 13.0 Å². The summed E-state index contributed by atoms with van der Waals surface area (Å²) in [5.41, 5.74) is 0.715. The molecule has 0 heterocycles. The lowest BCUT2D eigenvalue weighted by molar-refractivity contribution is -0.120. The van der Waals surface area contributed by atoms with Gasteiger partial charge in [-0.3, -0.25) is 4.79 Å². The van der Waals surface area contributed by atoms with Crippen LogP contribution in [0.3, 0.4) is 0 Å². The molecule has 0 bridgehead atoms. The molecule has 2 N–H and O–H groups in total. The number of carbonyl (C=O) groups excluding carboxylic acids is 1. The summed E-state index contributed by atoms with van der Waals surface area (Å²) in [6.07, 6.45) is 0.168. The van der Waals surface area contributed by atoms with Crippen LogP contribution in [0.5, 0.6) is 0 Å². The number of amides is 1. The van der Waals surface area contributed by atoms with Gasteiger partial charge in [0, 0.05) is 32.4 Å². The highest BCUT2D eigenvalue weighted by Crippen LogP contribution is 2.18. The molecule has 4 nitrogen and oxygen atoms in total. The molecule has 0 radical (unpaired) electrons. The summed E-state index contributed by atoms with van der Waals surface area (Å²) in [7, 11) is 7.36. The van der Waals surface area contributed by atoms with Gasteiger partial charge in [-0.05, 0) is 17.7 Å². The molecule has 0 aliphatic rings. The van der Waals surface area contributed by atoms with Gasteiger partial charge in [-0.2, -0.15) is 0 Å². The number of hydrogen-bond acceptors (Lipinski definition) is 3. The normalized spacial score (nSPS) is 9.79. The van der Waals surface area contributed by atoms with Crippen molar-refractivity contribution in [1.82, 2.24) is 5.32 Å². The zero-order valence-corrected chi connectivity index (χ0v) is 13.5. The van der Waals surface area contributed by atoms with Crippen molar-refractivity contribution in [3.8, 4) is 0 Å². The van der Waals surface area contributed by atoms with Crippen LogP contribution in [0.1, 0.15) is 5.56 Å². The van der Waals surface area contributed by atoms with E-state index in [0.29, 0.717) is 10.0 Å². The molecule has 1 amide bonds. The zero-order valence-electron chi connectivity index (χ0n) is 9.54. The number of halogens is 4. The van der Waals surface area contributed by atoms with Gasteiger partial charge < -0.3 is 10.4 Å². The second-order valence-corrected chi connectivity index (χ2v) is 6.55. The number of aliphatic hydroxyl groups excluding tert-OH is 1. The van der Waals surface area contributed by atoms with Crippen molar-refractivity contribution >= 4 is 52.4 Å². The second kappa shape index (κ2) is 10.6. The highest BCUT2D eigenvalue weighted by molar-refractivity contribution is 9.10. The standard InChI is InChI=1S/C10H11BrFNO2.Cl2OS/c11-9-6-8(12)2-1-7(9)5-10(15)13-3-4-14;1-4(2)3/h1-2,6,14H,3-5H2,(H,13,15);. The summed E-state index contributed by atoms with van der Waals surface area (Å²) < 4.78 is 22.4. The van der Waals surface area contributed by atoms with E-state index in [2.05, 4.69) is 42.6 Å². The van der Waals surface area contributed by atoms with Crippen LogP contribution in [-0.4, -0.2) is 28.4 Å². The summed E-state index contributed by atoms with van der Waals surface area (Å²) in [6.45, 7) is 0.147. The molecule has 0 fully saturated rings. The topological polar surface area (TPSA) is 66.4 Å². The summed E-state index contributed by atoms with van der Waals surface area (Å²) in [4.78, 5) is 11.3. The molecule has 0 aliphatic heterocycles. The molecule has 1 rings (SSSR count). The number of rotatable bonds is 4. The monoisotopic (exact) mass is 393 g/mol. The SMILES string of the molecule is O=C(Cc1ccc(F)cc1Br)NCCO.O=S(Cl)Cl. The maximum absolute atomic E-state index is 12.7. The van der Waals surface area contributed by atoms with Crippen molar-refractivity contribution in [2.45, 2.75) is 6.42 Å². The minimum atomic E-state index is -1.67. The van der Waals surface area contributed by atoms with Crippen LogP contribution in [0.4, 0.5) is 4.39 Å². The van der Waals surface area contributed by atoms with Crippen LogP contribution in [0, 0.1) is 5.82 Å². The molecule has 0 saturated heterocycles. The predicted molar refractivity (Wildman–Crippen MR) is 77.7 cm³/mol. The van der Waals surface area contributed by atoms with E-state index >= 15 is 0 Å². The van der Waals surface area contributed by atoms with Crippen LogP contribution >= 0.6 is 37.3 Å². The lowest BCUT2D eigenvalue weighted by atomic mass is 10.1. The molecule has 0 saturated carbocycles. The quantitative estimate of drug-likeness (QED) is 0.770. The van der Waals surface area contributed by atoms with Gasteiger partial charge in [-0.25, -0.2) is 8.60 Å². The fraction of sp³-hybridized carbons (Fsp3) is 0.300. The molecule has 0 atom stereocenters. The molecule has 1 aromatic carbocycles. The molecular formula is C10H11BrCl2FNO3S. The largest absolute Gasteiger partial charge is 0.395 e. The Kier molecular flexibility index (Phi) is 10.4. The van der Waals surface area contributed by atoms with Crippen LogP contribution in [-0.2, 0) is 20.4 Å². The van der Waals surface area contributed by atoms with Crippen LogP contribution in [0.2, 0.25) is 0 Å². The summed E-state index contributed by atoms with van der Waals surface area (Å²) in [5, 5.41) is 11.0. The summed E-state index contributed by atoms with van der Waals surface area (Å²) in [6, 6.07) is 4.17. The lowest BCUT2D eigenvalue weighted by Crippen LogP contribution is -2.27. The number of benzene rings is 1. The lowest BCUT2D eigenvalue weighted by Gasteiger charge is -2.05. The van der Waals surface area contributed by atoms with Crippen molar-refractivity contribution < 1.29 is 18.5 Å². The van der Waals surface area contributed by atoms with Crippen molar-refractivity contribution in [3.63, 3.8) is 0 Å².